The van der Waals surface area contributed by atoms with Crippen molar-refractivity contribution in [1.82, 2.24) is 5.32 Å². The molecule has 2 rings (SSSR count). The Morgan fingerprint density at radius 2 is 1.57 bits per heavy atom. The average Bonchev–Trinajstić information content (AvgIpc) is 2.49. The van der Waals surface area contributed by atoms with Crippen LogP contribution in [0.4, 0.5) is 10.1 Å². The monoisotopic (exact) mass is 308 g/mol. The van der Waals surface area contributed by atoms with Crippen LogP contribution in [-0.4, -0.2) is 21.4 Å². The Hall–Kier alpha value is -2.41. The van der Waals surface area contributed by atoms with Crippen LogP contribution < -0.4 is 10.0 Å². The quantitative estimate of drug-likeness (QED) is 0.907. The number of carbonyl (C=O) groups excluding carboxylic acids is 1. The zero-order chi connectivity index (χ0) is 15.5. The third-order valence-electron chi connectivity index (χ3n) is 2.75. The topological polar surface area (TPSA) is 75.3 Å². The SMILES string of the molecule is CNC(=O)c1ccc(S(=O)(=O)Nc2ccc(F)cc2)cc1. The Morgan fingerprint density at radius 1 is 1.00 bits per heavy atom. The van der Waals surface area contributed by atoms with Gasteiger partial charge in [-0.15, -0.1) is 0 Å². The number of halogens is 1. The highest BCUT2D eigenvalue weighted by atomic mass is 32.2. The van der Waals surface area contributed by atoms with Gasteiger partial charge in [0.1, 0.15) is 5.82 Å². The van der Waals surface area contributed by atoms with Crippen LogP contribution in [0, 0.1) is 5.82 Å². The molecule has 0 spiro atoms. The Bertz CT molecular complexity index is 741. The van der Waals surface area contributed by atoms with E-state index in [2.05, 4.69) is 10.0 Å². The lowest BCUT2D eigenvalue weighted by molar-refractivity contribution is 0.0963. The summed E-state index contributed by atoms with van der Waals surface area (Å²) >= 11 is 0. The molecule has 0 unspecified atom stereocenters. The summed E-state index contributed by atoms with van der Waals surface area (Å²) in [6, 6.07) is 10.5. The number of sulfonamides is 1. The van der Waals surface area contributed by atoms with Crippen molar-refractivity contribution in [2.75, 3.05) is 11.8 Å². The van der Waals surface area contributed by atoms with Crippen molar-refractivity contribution in [3.63, 3.8) is 0 Å². The molecule has 0 saturated heterocycles. The minimum Gasteiger partial charge on any atom is -0.355 e. The van der Waals surface area contributed by atoms with Crippen LogP contribution in [0.15, 0.2) is 53.4 Å². The molecular weight excluding hydrogens is 295 g/mol. The summed E-state index contributed by atoms with van der Waals surface area (Å²) < 4.78 is 39.4. The van der Waals surface area contributed by atoms with E-state index in [4.69, 9.17) is 0 Å². The van der Waals surface area contributed by atoms with E-state index in [1.165, 1.54) is 43.4 Å². The van der Waals surface area contributed by atoms with E-state index in [0.29, 0.717) is 5.56 Å². The molecule has 1 amide bonds. The largest absolute Gasteiger partial charge is 0.355 e. The number of amides is 1. The molecule has 7 heteroatoms. The zero-order valence-electron chi connectivity index (χ0n) is 11.1. The number of hydrogen-bond acceptors (Lipinski definition) is 3. The Balaban J connectivity index is 2.23. The van der Waals surface area contributed by atoms with Gasteiger partial charge in [-0.25, -0.2) is 12.8 Å². The second-order valence-electron chi connectivity index (χ2n) is 4.22. The second-order valence-corrected chi connectivity index (χ2v) is 5.90. The first-order chi connectivity index (χ1) is 9.92. The molecule has 21 heavy (non-hydrogen) atoms. The molecule has 0 heterocycles. The molecule has 2 N–H and O–H groups in total. The fraction of sp³-hybridized carbons (Fsp3) is 0.0714. The van der Waals surface area contributed by atoms with Gasteiger partial charge in [-0.2, -0.15) is 0 Å². The fourth-order valence-corrected chi connectivity index (χ4v) is 2.72. The molecule has 2 aromatic rings. The van der Waals surface area contributed by atoms with E-state index in [0.717, 1.165) is 12.1 Å². The van der Waals surface area contributed by atoms with Gasteiger partial charge in [0, 0.05) is 18.3 Å². The third-order valence-corrected chi connectivity index (χ3v) is 4.15. The summed E-state index contributed by atoms with van der Waals surface area (Å²) in [7, 11) is -2.29. The molecule has 0 aromatic heterocycles. The second kappa shape index (κ2) is 5.92. The van der Waals surface area contributed by atoms with Gasteiger partial charge in [-0.3, -0.25) is 9.52 Å². The number of benzene rings is 2. The first-order valence-electron chi connectivity index (χ1n) is 6.03. The smallest absolute Gasteiger partial charge is 0.261 e. The van der Waals surface area contributed by atoms with Crippen molar-refractivity contribution < 1.29 is 17.6 Å². The molecule has 0 radical (unpaired) electrons. The Labute approximate surface area is 121 Å². The van der Waals surface area contributed by atoms with Gasteiger partial charge >= 0.3 is 0 Å². The summed E-state index contributed by atoms with van der Waals surface area (Å²) in [6.07, 6.45) is 0. The molecule has 0 saturated carbocycles. The van der Waals surface area contributed by atoms with Crippen LogP contribution >= 0.6 is 0 Å². The van der Waals surface area contributed by atoms with E-state index >= 15 is 0 Å². The predicted octanol–water partition coefficient (Wildman–Crippen LogP) is 1.99. The number of carbonyl (C=O) groups is 1. The van der Waals surface area contributed by atoms with Crippen molar-refractivity contribution in [3.05, 3.63) is 59.9 Å². The van der Waals surface area contributed by atoms with Crippen molar-refractivity contribution >= 4 is 21.6 Å². The van der Waals surface area contributed by atoms with Crippen LogP contribution in [0.3, 0.4) is 0 Å². The minimum absolute atomic E-state index is 0.0134. The summed E-state index contributed by atoms with van der Waals surface area (Å²) in [5, 5.41) is 2.45. The maximum Gasteiger partial charge on any atom is 0.261 e. The zero-order valence-corrected chi connectivity index (χ0v) is 11.9. The maximum atomic E-state index is 12.8. The third kappa shape index (κ3) is 3.57. The van der Waals surface area contributed by atoms with E-state index < -0.39 is 15.8 Å². The van der Waals surface area contributed by atoms with Crippen LogP contribution in [0.25, 0.3) is 0 Å². The van der Waals surface area contributed by atoms with Gasteiger partial charge in [0.25, 0.3) is 15.9 Å². The van der Waals surface area contributed by atoms with Crippen molar-refractivity contribution in [2.45, 2.75) is 4.90 Å². The standard InChI is InChI=1S/C14H13FN2O3S/c1-16-14(18)10-2-8-13(9-3-10)21(19,20)17-12-6-4-11(15)5-7-12/h2-9,17H,1H3,(H,16,18). The van der Waals surface area contributed by atoms with E-state index in [9.17, 15) is 17.6 Å². The normalized spacial score (nSPS) is 11.0. The van der Waals surface area contributed by atoms with Crippen LogP contribution in [-0.2, 0) is 10.0 Å². The van der Waals surface area contributed by atoms with Crippen LogP contribution in [0.1, 0.15) is 10.4 Å². The molecule has 5 nitrogen and oxygen atoms in total. The van der Waals surface area contributed by atoms with E-state index in [-0.39, 0.29) is 16.5 Å². The molecule has 110 valence electrons. The summed E-state index contributed by atoms with van der Waals surface area (Å²) in [4.78, 5) is 11.4. The lowest BCUT2D eigenvalue weighted by atomic mass is 10.2. The van der Waals surface area contributed by atoms with Gasteiger partial charge in [0.15, 0.2) is 0 Å². The molecule has 0 aliphatic heterocycles. The highest BCUT2D eigenvalue weighted by Crippen LogP contribution is 2.17. The summed E-state index contributed by atoms with van der Waals surface area (Å²) in [5.41, 5.74) is 0.616. The molecule has 0 fully saturated rings. The fourth-order valence-electron chi connectivity index (χ4n) is 1.66. The highest BCUT2D eigenvalue weighted by molar-refractivity contribution is 7.92. The van der Waals surface area contributed by atoms with E-state index in [1.54, 1.807) is 0 Å². The number of hydrogen-bond donors (Lipinski definition) is 2. The Kier molecular flexibility index (Phi) is 4.23. The first-order valence-corrected chi connectivity index (χ1v) is 7.51. The molecule has 0 aliphatic carbocycles. The van der Waals surface area contributed by atoms with Gasteiger partial charge < -0.3 is 5.32 Å². The molecule has 0 aliphatic rings. The number of nitrogens with one attached hydrogen (secondary N) is 2. The van der Waals surface area contributed by atoms with E-state index in [1.807, 2.05) is 0 Å². The van der Waals surface area contributed by atoms with Gasteiger partial charge in [0.2, 0.25) is 0 Å². The lowest BCUT2D eigenvalue weighted by Gasteiger charge is -2.08. The summed E-state index contributed by atoms with van der Waals surface area (Å²) in [5.74, 6) is -0.752. The van der Waals surface area contributed by atoms with Gasteiger partial charge in [-0.1, -0.05) is 0 Å². The Morgan fingerprint density at radius 3 is 2.10 bits per heavy atom. The first kappa shape index (κ1) is 15.0. The number of rotatable bonds is 4. The summed E-state index contributed by atoms with van der Waals surface area (Å²) in [6.45, 7) is 0. The number of anilines is 1. The highest BCUT2D eigenvalue weighted by Gasteiger charge is 2.15. The minimum atomic E-state index is -3.78. The molecular formula is C14H13FN2O3S. The van der Waals surface area contributed by atoms with Crippen molar-refractivity contribution in [2.24, 2.45) is 0 Å². The maximum absolute atomic E-state index is 12.8. The lowest BCUT2D eigenvalue weighted by Crippen LogP contribution is -2.18. The van der Waals surface area contributed by atoms with Crippen LogP contribution in [0.2, 0.25) is 0 Å². The van der Waals surface area contributed by atoms with Crippen molar-refractivity contribution in [3.8, 4) is 0 Å². The molecule has 0 atom stereocenters. The van der Waals surface area contributed by atoms with Crippen LogP contribution in [0.5, 0.6) is 0 Å². The van der Waals surface area contributed by atoms with Gasteiger partial charge in [-0.05, 0) is 48.5 Å². The molecule has 2 aromatic carbocycles. The molecule has 0 bridgehead atoms. The van der Waals surface area contributed by atoms with Crippen molar-refractivity contribution in [1.29, 1.82) is 0 Å². The average molecular weight is 308 g/mol. The van der Waals surface area contributed by atoms with Gasteiger partial charge in [0.05, 0.1) is 4.90 Å². The predicted molar refractivity (Wildman–Crippen MR) is 77.0 cm³/mol.